The monoisotopic (exact) mass is 1260 g/mol. The Labute approximate surface area is 562 Å². The van der Waals surface area contributed by atoms with Crippen LogP contribution >= 0.6 is 0 Å². The van der Waals surface area contributed by atoms with Gasteiger partial charge in [-0.25, -0.2) is 0 Å². The third kappa shape index (κ3) is 74.6. The Kier molecular flexibility index (Phi) is 76.9. The van der Waals surface area contributed by atoms with Gasteiger partial charge < -0.3 is 20.3 Å². The molecule has 0 heterocycles. The first-order valence-electron chi connectivity index (χ1n) is 40.6. The minimum Gasteiger partial charge on any atom is -0.466 e. The Morgan fingerprint density at radius 1 is 0.311 bits per heavy atom. The van der Waals surface area contributed by atoms with Crippen LogP contribution in [0.5, 0.6) is 0 Å². The van der Waals surface area contributed by atoms with E-state index in [1.54, 1.807) is 6.08 Å². The van der Waals surface area contributed by atoms with Gasteiger partial charge in [0.2, 0.25) is 5.91 Å². The lowest BCUT2D eigenvalue weighted by Crippen LogP contribution is -2.45. The fourth-order valence-electron chi connectivity index (χ4n) is 12.6. The first-order valence-corrected chi connectivity index (χ1v) is 40.6. The maximum absolute atomic E-state index is 12.5. The van der Waals surface area contributed by atoms with Gasteiger partial charge in [-0.3, -0.25) is 9.59 Å². The van der Waals surface area contributed by atoms with E-state index in [9.17, 15) is 19.8 Å². The number of hydrogen-bond acceptors (Lipinski definition) is 5. The average molecular weight is 1260 g/mol. The van der Waals surface area contributed by atoms with E-state index in [0.717, 1.165) is 57.8 Å². The zero-order chi connectivity index (χ0) is 64.9. The van der Waals surface area contributed by atoms with Crippen LogP contribution in [-0.2, 0) is 14.3 Å². The summed E-state index contributed by atoms with van der Waals surface area (Å²) in [6.45, 7) is 4.92. The molecule has 0 fully saturated rings. The fraction of sp³-hybridized carbons (Fsp3) is 0.857. The van der Waals surface area contributed by atoms with E-state index < -0.39 is 12.1 Å². The molecule has 0 radical (unpaired) electrons. The molecule has 2 unspecified atom stereocenters. The zero-order valence-electron chi connectivity index (χ0n) is 60.6. The van der Waals surface area contributed by atoms with Gasteiger partial charge in [0.1, 0.15) is 0 Å². The Hall–Kier alpha value is -2.44. The highest BCUT2D eigenvalue weighted by Gasteiger charge is 2.18. The summed E-state index contributed by atoms with van der Waals surface area (Å²) in [5.41, 5.74) is 0. The van der Waals surface area contributed by atoms with Gasteiger partial charge in [0.15, 0.2) is 0 Å². The van der Waals surface area contributed by atoms with Crippen molar-refractivity contribution in [3.05, 3.63) is 60.8 Å². The highest BCUT2D eigenvalue weighted by Crippen LogP contribution is 2.19. The van der Waals surface area contributed by atoms with Gasteiger partial charge in [-0.15, -0.1) is 0 Å². The second-order valence-corrected chi connectivity index (χ2v) is 27.7. The molecule has 528 valence electrons. The highest BCUT2D eigenvalue weighted by molar-refractivity contribution is 5.76. The van der Waals surface area contributed by atoms with E-state index in [-0.39, 0.29) is 18.5 Å². The highest BCUT2D eigenvalue weighted by atomic mass is 16.5. The molecule has 0 aliphatic carbocycles. The van der Waals surface area contributed by atoms with Crippen molar-refractivity contribution >= 4 is 11.9 Å². The van der Waals surface area contributed by atoms with Crippen molar-refractivity contribution < 1.29 is 24.5 Å². The molecule has 0 aromatic rings. The summed E-state index contributed by atoms with van der Waals surface area (Å²) in [5.74, 6) is -0.0549. The molecular formula is C84H157NO5. The van der Waals surface area contributed by atoms with Gasteiger partial charge >= 0.3 is 5.97 Å². The average Bonchev–Trinajstić information content (AvgIpc) is 3.68. The van der Waals surface area contributed by atoms with Crippen LogP contribution in [0.15, 0.2) is 60.8 Å². The van der Waals surface area contributed by atoms with E-state index in [0.29, 0.717) is 19.4 Å². The molecule has 0 aliphatic heterocycles. The number of nitrogens with one attached hydrogen (secondary N) is 1. The van der Waals surface area contributed by atoms with E-state index in [2.05, 4.69) is 67.8 Å². The van der Waals surface area contributed by atoms with Gasteiger partial charge in [-0.2, -0.15) is 0 Å². The maximum Gasteiger partial charge on any atom is 0.305 e. The molecule has 1 amide bonds. The molecule has 3 N–H and O–H groups in total. The fourth-order valence-corrected chi connectivity index (χ4v) is 12.6. The molecule has 0 aliphatic rings. The Bertz CT molecular complexity index is 1550. The number of allylic oxidation sites excluding steroid dienone is 9. The smallest absolute Gasteiger partial charge is 0.305 e. The Morgan fingerprint density at radius 3 is 0.856 bits per heavy atom. The molecule has 2 atom stereocenters. The number of hydrogen-bond donors (Lipinski definition) is 3. The van der Waals surface area contributed by atoms with Crippen molar-refractivity contribution in [3.63, 3.8) is 0 Å². The lowest BCUT2D eigenvalue weighted by molar-refractivity contribution is -0.143. The quantitative estimate of drug-likeness (QED) is 0.0320. The van der Waals surface area contributed by atoms with Crippen molar-refractivity contribution in [2.24, 2.45) is 0 Å². The molecule has 0 saturated carbocycles. The summed E-state index contributed by atoms with van der Waals surface area (Å²) < 4.78 is 5.50. The number of unbranched alkanes of at least 4 members (excludes halogenated alkanes) is 57. The third-order valence-corrected chi connectivity index (χ3v) is 18.8. The van der Waals surface area contributed by atoms with E-state index in [1.807, 2.05) is 6.08 Å². The molecule has 0 aromatic heterocycles. The van der Waals surface area contributed by atoms with E-state index >= 15 is 0 Å². The predicted molar refractivity (Wildman–Crippen MR) is 398 cm³/mol. The largest absolute Gasteiger partial charge is 0.466 e. The molecule has 0 saturated heterocycles. The number of aliphatic hydroxyl groups excluding tert-OH is 2. The van der Waals surface area contributed by atoms with E-state index in [1.165, 1.54) is 353 Å². The number of ether oxygens (including phenoxy) is 1. The summed E-state index contributed by atoms with van der Waals surface area (Å²) in [6.07, 6.45) is 106. The SMILES string of the molecule is CCCCCC/C=C\C/C=C\CCCCCCCC(=O)OCCCCCCCCCCCCCCCCC/C=C\C/C=C\CCCCCCCCCCCCCCCCCCCC(=O)NC(CO)C(O)/C=C/CCCCCCCCCCCCCCCCCC. The van der Waals surface area contributed by atoms with E-state index in [4.69, 9.17) is 4.74 Å². The van der Waals surface area contributed by atoms with Crippen molar-refractivity contribution in [2.45, 2.75) is 450 Å². The van der Waals surface area contributed by atoms with Gasteiger partial charge in [0.05, 0.1) is 25.4 Å². The predicted octanol–water partition coefficient (Wildman–Crippen LogP) is 26.9. The number of carbonyl (C=O) groups is 2. The molecule has 6 heteroatoms. The van der Waals surface area contributed by atoms with Gasteiger partial charge in [-0.05, 0) is 96.3 Å². The summed E-state index contributed by atoms with van der Waals surface area (Å²) >= 11 is 0. The van der Waals surface area contributed by atoms with Crippen LogP contribution in [0.4, 0.5) is 0 Å². The molecule has 6 nitrogen and oxygen atoms in total. The van der Waals surface area contributed by atoms with Crippen LogP contribution in [0, 0.1) is 0 Å². The van der Waals surface area contributed by atoms with Crippen LogP contribution in [0.3, 0.4) is 0 Å². The first-order chi connectivity index (χ1) is 44.5. The minimum absolute atomic E-state index is 0.00683. The molecular weight excluding hydrogens is 1100 g/mol. The Morgan fingerprint density at radius 2 is 0.556 bits per heavy atom. The normalized spacial score (nSPS) is 12.8. The summed E-state index contributed by atoms with van der Waals surface area (Å²) in [7, 11) is 0. The molecule has 0 bridgehead atoms. The molecule has 0 aromatic carbocycles. The van der Waals surface area contributed by atoms with Crippen molar-refractivity contribution in [2.75, 3.05) is 13.2 Å². The molecule has 0 rings (SSSR count). The molecule has 0 spiro atoms. The lowest BCUT2D eigenvalue weighted by Gasteiger charge is -2.20. The van der Waals surface area contributed by atoms with Crippen LogP contribution < -0.4 is 5.32 Å². The topological polar surface area (TPSA) is 95.9 Å². The molecule has 90 heavy (non-hydrogen) atoms. The summed E-state index contributed by atoms with van der Waals surface area (Å²) in [5, 5.41) is 23.2. The summed E-state index contributed by atoms with van der Waals surface area (Å²) in [4.78, 5) is 24.6. The van der Waals surface area contributed by atoms with Crippen LogP contribution in [0.1, 0.15) is 438 Å². The van der Waals surface area contributed by atoms with Crippen LogP contribution in [0.2, 0.25) is 0 Å². The van der Waals surface area contributed by atoms with Gasteiger partial charge in [0.25, 0.3) is 0 Å². The number of carbonyl (C=O) groups excluding carboxylic acids is 2. The Balaban J connectivity index is 3.37. The van der Waals surface area contributed by atoms with Gasteiger partial charge in [0, 0.05) is 12.8 Å². The minimum atomic E-state index is -0.844. The van der Waals surface area contributed by atoms with Crippen molar-refractivity contribution in [3.8, 4) is 0 Å². The number of esters is 1. The maximum atomic E-state index is 12.5. The number of rotatable bonds is 76. The summed E-state index contributed by atoms with van der Waals surface area (Å²) in [6, 6.07) is -0.627. The lowest BCUT2D eigenvalue weighted by atomic mass is 10.0. The van der Waals surface area contributed by atoms with Crippen molar-refractivity contribution in [1.29, 1.82) is 0 Å². The first kappa shape index (κ1) is 87.6. The third-order valence-electron chi connectivity index (χ3n) is 18.8. The second kappa shape index (κ2) is 79.0. The van der Waals surface area contributed by atoms with Crippen molar-refractivity contribution in [1.82, 2.24) is 5.32 Å². The van der Waals surface area contributed by atoms with Gasteiger partial charge in [-0.1, -0.05) is 389 Å². The van der Waals surface area contributed by atoms with Crippen LogP contribution in [0.25, 0.3) is 0 Å². The van der Waals surface area contributed by atoms with Crippen LogP contribution in [-0.4, -0.2) is 47.4 Å². The number of aliphatic hydroxyl groups is 2. The number of amides is 1. The zero-order valence-corrected chi connectivity index (χ0v) is 60.6. The second-order valence-electron chi connectivity index (χ2n) is 27.7. The standard InChI is InChI=1S/C84H157NO5/c1-3-5-7-9-11-13-15-17-19-21-45-48-52-56-60-64-68-72-76-82(87)81(80-86)85-83(88)77-73-69-65-61-57-53-49-46-43-41-39-37-35-33-31-29-27-25-23-22-24-26-28-30-32-34-36-38-40-42-44-47-51-55-59-63-67-71-75-79-90-84(89)78-74-70-66-62-58-54-50-20-18-16-14-12-10-8-6-4-2/h14,16,20,22-23,26,28,50,72,76,81-82,86-87H,3-13,15,17-19,21,24-25,27,29-49,51-71,73-75,77-80H2,1-2H3,(H,85,88)/b16-14-,23-22-,28-26-,50-20-,76-72+.